The fourth-order valence-corrected chi connectivity index (χ4v) is 2.58. The monoisotopic (exact) mass is 315 g/mol. The fraction of sp³-hybridized carbons (Fsp3) is 0.368. The van der Waals surface area contributed by atoms with Gasteiger partial charge in [0.05, 0.1) is 14.2 Å². The molecule has 23 heavy (non-hydrogen) atoms. The number of rotatable bonds is 7. The van der Waals surface area contributed by atoms with Crippen LogP contribution in [0.3, 0.4) is 0 Å². The first-order valence-electron chi connectivity index (χ1n) is 7.77. The predicted octanol–water partition coefficient (Wildman–Crippen LogP) is 3.60. The van der Waals surface area contributed by atoms with Gasteiger partial charge in [-0.25, -0.2) is 0 Å². The van der Waals surface area contributed by atoms with Gasteiger partial charge in [-0.1, -0.05) is 31.2 Å². The molecule has 0 aliphatic heterocycles. The molecule has 124 valence electrons. The maximum absolute atomic E-state index is 10.2. The van der Waals surface area contributed by atoms with Crippen molar-refractivity contribution in [1.82, 2.24) is 4.90 Å². The van der Waals surface area contributed by atoms with Crippen LogP contribution in [0.5, 0.6) is 17.2 Å². The number of phenolic OH excluding ortho intramolecular Hbond substituents is 1. The molecule has 0 aliphatic rings. The lowest BCUT2D eigenvalue weighted by Gasteiger charge is -2.19. The fourth-order valence-electron chi connectivity index (χ4n) is 2.58. The highest BCUT2D eigenvalue weighted by atomic mass is 16.5. The lowest BCUT2D eigenvalue weighted by atomic mass is 10.1. The molecule has 0 aliphatic carbocycles. The van der Waals surface area contributed by atoms with E-state index >= 15 is 0 Å². The molecule has 0 saturated carbocycles. The second-order valence-electron chi connectivity index (χ2n) is 5.68. The Hall–Kier alpha value is -2.20. The van der Waals surface area contributed by atoms with Crippen LogP contribution in [-0.2, 0) is 19.5 Å². The number of methoxy groups -OCH3 is 2. The summed E-state index contributed by atoms with van der Waals surface area (Å²) in [5.41, 5.74) is 3.41. The number of nitrogens with zero attached hydrogens (tertiary/aromatic N) is 1. The van der Waals surface area contributed by atoms with Crippen LogP contribution < -0.4 is 9.47 Å². The van der Waals surface area contributed by atoms with E-state index in [-0.39, 0.29) is 5.75 Å². The molecule has 0 aromatic heterocycles. The predicted molar refractivity (Wildman–Crippen MR) is 92.2 cm³/mol. The van der Waals surface area contributed by atoms with Crippen molar-refractivity contribution in [3.63, 3.8) is 0 Å². The Morgan fingerprint density at radius 1 is 0.913 bits per heavy atom. The van der Waals surface area contributed by atoms with Gasteiger partial charge in [0.1, 0.15) is 5.75 Å². The highest BCUT2D eigenvalue weighted by Crippen LogP contribution is 2.34. The molecule has 0 fully saturated rings. The van der Waals surface area contributed by atoms with Crippen molar-refractivity contribution in [3.05, 3.63) is 53.1 Å². The van der Waals surface area contributed by atoms with E-state index in [1.807, 2.05) is 13.1 Å². The van der Waals surface area contributed by atoms with Gasteiger partial charge in [-0.3, -0.25) is 4.90 Å². The third-order valence-corrected chi connectivity index (χ3v) is 3.91. The van der Waals surface area contributed by atoms with Crippen molar-refractivity contribution in [1.29, 1.82) is 0 Å². The minimum atomic E-state index is 0.218. The van der Waals surface area contributed by atoms with Crippen LogP contribution in [0.1, 0.15) is 23.6 Å². The number of hydrogen-bond acceptors (Lipinski definition) is 4. The summed E-state index contributed by atoms with van der Waals surface area (Å²) in [6.07, 6.45) is 1.05. The van der Waals surface area contributed by atoms with E-state index in [4.69, 9.17) is 9.47 Å². The number of benzene rings is 2. The molecule has 0 saturated heterocycles. The number of aryl methyl sites for hydroxylation is 1. The highest BCUT2D eigenvalue weighted by Gasteiger charge is 2.12. The number of phenols is 1. The number of hydrogen-bond donors (Lipinski definition) is 1. The van der Waals surface area contributed by atoms with Crippen molar-refractivity contribution < 1.29 is 14.6 Å². The van der Waals surface area contributed by atoms with Crippen LogP contribution in [0.25, 0.3) is 0 Å². The van der Waals surface area contributed by atoms with Gasteiger partial charge in [0.2, 0.25) is 0 Å². The van der Waals surface area contributed by atoms with E-state index in [2.05, 4.69) is 36.1 Å². The summed E-state index contributed by atoms with van der Waals surface area (Å²) in [6.45, 7) is 3.60. The van der Waals surface area contributed by atoms with E-state index in [0.717, 1.165) is 18.5 Å². The van der Waals surface area contributed by atoms with Gasteiger partial charge in [0, 0.05) is 24.7 Å². The van der Waals surface area contributed by atoms with Crippen molar-refractivity contribution in [3.8, 4) is 17.2 Å². The summed E-state index contributed by atoms with van der Waals surface area (Å²) in [5, 5.41) is 10.2. The van der Waals surface area contributed by atoms with Crippen LogP contribution in [0.2, 0.25) is 0 Å². The molecule has 0 unspecified atom stereocenters. The molecule has 0 spiro atoms. The smallest absolute Gasteiger partial charge is 0.164 e. The van der Waals surface area contributed by atoms with Crippen molar-refractivity contribution >= 4 is 0 Å². The van der Waals surface area contributed by atoms with Gasteiger partial charge >= 0.3 is 0 Å². The third-order valence-electron chi connectivity index (χ3n) is 3.91. The zero-order valence-electron chi connectivity index (χ0n) is 14.3. The Balaban J connectivity index is 2.08. The van der Waals surface area contributed by atoms with Crippen molar-refractivity contribution in [2.45, 2.75) is 26.4 Å². The quantitative estimate of drug-likeness (QED) is 0.847. The Labute approximate surface area is 138 Å². The van der Waals surface area contributed by atoms with Crippen LogP contribution in [0.4, 0.5) is 0 Å². The van der Waals surface area contributed by atoms with E-state index in [1.165, 1.54) is 11.1 Å². The Bertz CT molecular complexity index is 638. The minimum absolute atomic E-state index is 0.218. The maximum atomic E-state index is 10.2. The maximum Gasteiger partial charge on any atom is 0.164 e. The standard InChI is InChI=1S/C19H25NO3/c1-5-14-6-8-15(9-7-14)12-20(2)13-16-10-18(22-3)19(23-4)11-17(16)21/h6-11,21H,5,12-13H2,1-4H3. The summed E-state index contributed by atoms with van der Waals surface area (Å²) < 4.78 is 10.5. The molecule has 2 rings (SSSR count). The molecule has 1 N–H and O–H groups in total. The second kappa shape index (κ2) is 7.88. The Kier molecular flexibility index (Phi) is 5.88. The topological polar surface area (TPSA) is 41.9 Å². The average molecular weight is 315 g/mol. The number of ether oxygens (including phenoxy) is 2. The van der Waals surface area contributed by atoms with Crippen LogP contribution in [0.15, 0.2) is 36.4 Å². The molecule has 0 radical (unpaired) electrons. The zero-order valence-corrected chi connectivity index (χ0v) is 14.3. The lowest BCUT2D eigenvalue weighted by molar-refractivity contribution is 0.308. The first-order valence-corrected chi connectivity index (χ1v) is 7.77. The summed E-state index contributed by atoms with van der Waals surface area (Å²) in [4.78, 5) is 2.15. The molecule has 4 heteroatoms. The molecule has 4 nitrogen and oxygen atoms in total. The second-order valence-corrected chi connectivity index (χ2v) is 5.68. The minimum Gasteiger partial charge on any atom is -0.507 e. The molecule has 0 bridgehead atoms. The normalized spacial score (nSPS) is 10.8. The highest BCUT2D eigenvalue weighted by molar-refractivity contribution is 5.50. The lowest BCUT2D eigenvalue weighted by Crippen LogP contribution is -2.17. The third kappa shape index (κ3) is 4.39. The SMILES string of the molecule is CCc1ccc(CN(C)Cc2cc(OC)c(OC)cc2O)cc1. The Morgan fingerprint density at radius 2 is 1.48 bits per heavy atom. The van der Waals surface area contributed by atoms with E-state index in [0.29, 0.717) is 18.0 Å². The van der Waals surface area contributed by atoms with E-state index in [1.54, 1.807) is 20.3 Å². The van der Waals surface area contributed by atoms with Crippen LogP contribution >= 0.6 is 0 Å². The van der Waals surface area contributed by atoms with Gasteiger partial charge in [0.25, 0.3) is 0 Å². The summed E-state index contributed by atoms with van der Waals surface area (Å²) in [5.74, 6) is 1.38. The van der Waals surface area contributed by atoms with Crippen LogP contribution in [0, 0.1) is 0 Å². The molecular formula is C19H25NO3. The number of aromatic hydroxyl groups is 1. The molecular weight excluding hydrogens is 290 g/mol. The van der Waals surface area contributed by atoms with Gasteiger partial charge in [-0.05, 0) is 30.7 Å². The van der Waals surface area contributed by atoms with Crippen LogP contribution in [-0.4, -0.2) is 31.3 Å². The average Bonchev–Trinajstić information content (AvgIpc) is 2.56. The largest absolute Gasteiger partial charge is 0.507 e. The van der Waals surface area contributed by atoms with Gasteiger partial charge in [-0.2, -0.15) is 0 Å². The van der Waals surface area contributed by atoms with Crippen molar-refractivity contribution in [2.24, 2.45) is 0 Å². The molecule has 2 aromatic carbocycles. The van der Waals surface area contributed by atoms with E-state index < -0.39 is 0 Å². The summed E-state index contributed by atoms with van der Waals surface area (Å²) in [6, 6.07) is 12.1. The first-order chi connectivity index (χ1) is 11.1. The summed E-state index contributed by atoms with van der Waals surface area (Å²) in [7, 11) is 5.19. The molecule has 0 heterocycles. The van der Waals surface area contributed by atoms with Crippen molar-refractivity contribution in [2.75, 3.05) is 21.3 Å². The van der Waals surface area contributed by atoms with Gasteiger partial charge in [0.15, 0.2) is 11.5 Å². The first kappa shape index (κ1) is 17.2. The van der Waals surface area contributed by atoms with Gasteiger partial charge in [-0.15, -0.1) is 0 Å². The summed E-state index contributed by atoms with van der Waals surface area (Å²) >= 11 is 0. The molecule has 0 atom stereocenters. The van der Waals surface area contributed by atoms with Gasteiger partial charge < -0.3 is 14.6 Å². The van der Waals surface area contributed by atoms with E-state index in [9.17, 15) is 5.11 Å². The molecule has 0 amide bonds. The Morgan fingerprint density at radius 3 is 2.04 bits per heavy atom. The molecule has 2 aromatic rings. The zero-order chi connectivity index (χ0) is 16.8.